The summed E-state index contributed by atoms with van der Waals surface area (Å²) in [6.45, 7) is 3.74. The lowest BCUT2D eigenvalue weighted by molar-refractivity contribution is -0.0182. The number of nitrogens with zero attached hydrogens (tertiary/aromatic N) is 2. The molecule has 0 bridgehead atoms. The van der Waals surface area contributed by atoms with Gasteiger partial charge in [0.1, 0.15) is 5.82 Å². The van der Waals surface area contributed by atoms with Gasteiger partial charge in [0.05, 0.1) is 24.3 Å². The van der Waals surface area contributed by atoms with Crippen molar-refractivity contribution in [2.75, 3.05) is 33.3 Å². The highest BCUT2D eigenvalue weighted by atomic mass is 19.1. The van der Waals surface area contributed by atoms with Crippen molar-refractivity contribution in [3.8, 4) is 6.07 Å². The average Bonchev–Trinajstić information content (AvgIpc) is 2.40. The molecule has 1 N–H and O–H groups in total. The average molecular weight is 263 g/mol. The first-order valence-corrected chi connectivity index (χ1v) is 6.38. The summed E-state index contributed by atoms with van der Waals surface area (Å²) in [6, 6.07) is 6.47. The van der Waals surface area contributed by atoms with Gasteiger partial charge < -0.3 is 15.0 Å². The lowest BCUT2D eigenvalue weighted by Gasteiger charge is -2.30. The predicted octanol–water partition coefficient (Wildman–Crippen LogP) is 1.12. The minimum atomic E-state index is -0.340. The molecule has 1 saturated heterocycles. The number of halogens is 1. The molecule has 1 heterocycles. The molecule has 1 aliphatic rings. The highest BCUT2D eigenvalue weighted by molar-refractivity contribution is 5.32. The first-order valence-electron chi connectivity index (χ1n) is 6.38. The fraction of sp³-hybridized carbons (Fsp3) is 0.500. The molecule has 5 heteroatoms. The molecule has 0 aromatic heterocycles. The van der Waals surface area contributed by atoms with E-state index in [1.54, 1.807) is 12.1 Å². The van der Waals surface area contributed by atoms with Crippen LogP contribution in [-0.2, 0) is 11.3 Å². The van der Waals surface area contributed by atoms with Crippen LogP contribution in [0.3, 0.4) is 0 Å². The van der Waals surface area contributed by atoms with Crippen LogP contribution in [0, 0.1) is 17.1 Å². The molecule has 4 nitrogen and oxygen atoms in total. The van der Waals surface area contributed by atoms with Gasteiger partial charge in [-0.15, -0.1) is 0 Å². The molecule has 0 saturated carbocycles. The maximum absolute atomic E-state index is 13.6. The second-order valence-electron chi connectivity index (χ2n) is 4.80. The number of nitriles is 1. The Morgan fingerprint density at radius 1 is 1.58 bits per heavy atom. The number of likely N-dealkylation sites (N-methyl/N-ethyl adjacent to an activating group) is 1. The summed E-state index contributed by atoms with van der Waals surface area (Å²) in [5, 5.41) is 11.9. The topological polar surface area (TPSA) is 48.3 Å². The standard InChI is InChI=1S/C14H18FN3O/c1-18-4-5-19-13(10-18)9-17-8-12-3-2-11(7-16)6-14(12)15/h2-3,6,13,17H,4-5,8-10H2,1H3/t13-/m1/s1. The summed E-state index contributed by atoms with van der Waals surface area (Å²) in [4.78, 5) is 2.22. The molecule has 102 valence electrons. The van der Waals surface area contributed by atoms with Crippen LogP contribution in [-0.4, -0.2) is 44.3 Å². The summed E-state index contributed by atoms with van der Waals surface area (Å²) in [5.74, 6) is -0.340. The number of nitrogens with one attached hydrogen (secondary N) is 1. The zero-order valence-electron chi connectivity index (χ0n) is 11.0. The van der Waals surface area contributed by atoms with Crippen molar-refractivity contribution in [3.05, 3.63) is 35.1 Å². The number of hydrogen-bond acceptors (Lipinski definition) is 4. The van der Waals surface area contributed by atoms with Crippen LogP contribution in [0.25, 0.3) is 0 Å². The Hall–Kier alpha value is -1.48. The first-order chi connectivity index (χ1) is 9.19. The van der Waals surface area contributed by atoms with Crippen LogP contribution in [0.2, 0.25) is 0 Å². The number of ether oxygens (including phenoxy) is 1. The third kappa shape index (κ3) is 4.00. The van der Waals surface area contributed by atoms with Crippen molar-refractivity contribution < 1.29 is 9.13 Å². The highest BCUT2D eigenvalue weighted by Crippen LogP contribution is 2.10. The van der Waals surface area contributed by atoms with Gasteiger partial charge in [-0.05, 0) is 19.2 Å². The summed E-state index contributed by atoms with van der Waals surface area (Å²) in [5.41, 5.74) is 0.918. The van der Waals surface area contributed by atoms with E-state index in [1.165, 1.54) is 6.07 Å². The van der Waals surface area contributed by atoms with Gasteiger partial charge in [0.25, 0.3) is 0 Å². The van der Waals surface area contributed by atoms with Gasteiger partial charge in [0.2, 0.25) is 0 Å². The normalized spacial score (nSPS) is 20.2. The van der Waals surface area contributed by atoms with Crippen LogP contribution in [0.1, 0.15) is 11.1 Å². The maximum atomic E-state index is 13.6. The Morgan fingerprint density at radius 3 is 3.11 bits per heavy atom. The zero-order valence-corrected chi connectivity index (χ0v) is 11.0. The molecule has 19 heavy (non-hydrogen) atoms. The molecular formula is C14H18FN3O. The van der Waals surface area contributed by atoms with E-state index in [2.05, 4.69) is 17.3 Å². The smallest absolute Gasteiger partial charge is 0.129 e. The minimum Gasteiger partial charge on any atom is -0.374 e. The van der Waals surface area contributed by atoms with E-state index in [4.69, 9.17) is 10.00 Å². The fourth-order valence-corrected chi connectivity index (χ4v) is 2.12. The maximum Gasteiger partial charge on any atom is 0.129 e. The van der Waals surface area contributed by atoms with Gasteiger partial charge >= 0.3 is 0 Å². The Kier molecular flexibility index (Phi) is 4.86. The van der Waals surface area contributed by atoms with E-state index < -0.39 is 0 Å². The van der Waals surface area contributed by atoms with Crippen molar-refractivity contribution in [2.45, 2.75) is 12.6 Å². The van der Waals surface area contributed by atoms with Crippen LogP contribution < -0.4 is 5.32 Å². The molecule has 1 aliphatic heterocycles. The Balaban J connectivity index is 1.81. The van der Waals surface area contributed by atoms with E-state index >= 15 is 0 Å². The molecular weight excluding hydrogens is 245 g/mol. The van der Waals surface area contributed by atoms with Crippen molar-refractivity contribution in [1.82, 2.24) is 10.2 Å². The van der Waals surface area contributed by atoms with E-state index in [9.17, 15) is 4.39 Å². The Bertz CT molecular complexity index is 472. The number of morpholine rings is 1. The van der Waals surface area contributed by atoms with Crippen LogP contribution in [0.5, 0.6) is 0 Å². The quantitative estimate of drug-likeness (QED) is 0.884. The monoisotopic (exact) mass is 263 g/mol. The van der Waals surface area contributed by atoms with Gasteiger partial charge in [-0.1, -0.05) is 6.07 Å². The van der Waals surface area contributed by atoms with Crippen molar-refractivity contribution in [3.63, 3.8) is 0 Å². The van der Waals surface area contributed by atoms with Gasteiger partial charge in [0.15, 0.2) is 0 Å². The largest absolute Gasteiger partial charge is 0.374 e. The van der Waals surface area contributed by atoms with Crippen LogP contribution in [0.4, 0.5) is 4.39 Å². The third-order valence-corrected chi connectivity index (χ3v) is 3.21. The summed E-state index contributed by atoms with van der Waals surface area (Å²) < 4.78 is 19.2. The first kappa shape index (κ1) is 13.9. The predicted molar refractivity (Wildman–Crippen MR) is 70.1 cm³/mol. The lowest BCUT2D eigenvalue weighted by Crippen LogP contribution is -2.44. The second-order valence-corrected chi connectivity index (χ2v) is 4.80. The fourth-order valence-electron chi connectivity index (χ4n) is 2.12. The van der Waals surface area contributed by atoms with Gasteiger partial charge in [-0.25, -0.2) is 4.39 Å². The number of hydrogen-bond donors (Lipinski definition) is 1. The zero-order chi connectivity index (χ0) is 13.7. The molecule has 0 spiro atoms. The highest BCUT2D eigenvalue weighted by Gasteiger charge is 2.17. The summed E-state index contributed by atoms with van der Waals surface area (Å²) in [6.07, 6.45) is 0.153. The molecule has 1 aromatic carbocycles. The van der Waals surface area contributed by atoms with E-state index in [0.717, 1.165) is 19.7 Å². The summed E-state index contributed by atoms with van der Waals surface area (Å²) in [7, 11) is 2.07. The van der Waals surface area contributed by atoms with E-state index in [0.29, 0.717) is 24.2 Å². The summed E-state index contributed by atoms with van der Waals surface area (Å²) >= 11 is 0. The second kappa shape index (κ2) is 6.62. The van der Waals surface area contributed by atoms with Gasteiger partial charge in [-0.3, -0.25) is 0 Å². The number of benzene rings is 1. The van der Waals surface area contributed by atoms with Crippen molar-refractivity contribution >= 4 is 0 Å². The van der Waals surface area contributed by atoms with E-state index in [-0.39, 0.29) is 11.9 Å². The molecule has 1 aromatic rings. The molecule has 1 fully saturated rings. The molecule has 0 radical (unpaired) electrons. The number of rotatable bonds is 4. The van der Waals surface area contributed by atoms with Crippen molar-refractivity contribution in [1.29, 1.82) is 5.26 Å². The van der Waals surface area contributed by atoms with Crippen LogP contribution in [0.15, 0.2) is 18.2 Å². The molecule has 2 rings (SSSR count). The van der Waals surface area contributed by atoms with Crippen LogP contribution >= 0.6 is 0 Å². The lowest BCUT2D eigenvalue weighted by atomic mass is 10.1. The molecule has 0 unspecified atom stereocenters. The Labute approximate surface area is 112 Å². The third-order valence-electron chi connectivity index (χ3n) is 3.21. The molecule has 1 atom stereocenters. The van der Waals surface area contributed by atoms with Crippen molar-refractivity contribution in [2.24, 2.45) is 0 Å². The van der Waals surface area contributed by atoms with Gasteiger partial charge in [-0.2, -0.15) is 5.26 Å². The SMILES string of the molecule is CN1CCO[C@H](CNCc2ccc(C#N)cc2F)C1. The molecule has 0 amide bonds. The Morgan fingerprint density at radius 2 is 2.42 bits per heavy atom. The van der Waals surface area contributed by atoms with E-state index in [1.807, 2.05) is 6.07 Å². The molecule has 0 aliphatic carbocycles. The minimum absolute atomic E-state index is 0.153. The van der Waals surface area contributed by atoms with Gasteiger partial charge in [0, 0.05) is 31.7 Å².